The zero-order chi connectivity index (χ0) is 12.5. The first-order valence-corrected chi connectivity index (χ1v) is 3.80. The highest BCUT2D eigenvalue weighted by Gasteiger charge is 2.34. The molecule has 0 aliphatic carbocycles. The summed E-state index contributed by atoms with van der Waals surface area (Å²) in [5.41, 5.74) is -1.95. The average Bonchev–Trinajstić information content (AvgIpc) is 2.14. The molecular weight excluding hydrogens is 232 g/mol. The van der Waals surface area contributed by atoms with Crippen LogP contribution in [0.2, 0.25) is 0 Å². The van der Waals surface area contributed by atoms with Gasteiger partial charge in [-0.2, -0.15) is 17.6 Å². The Morgan fingerprint density at radius 2 is 2.06 bits per heavy atom. The average molecular weight is 236 g/mol. The van der Waals surface area contributed by atoms with Gasteiger partial charge in [-0.1, -0.05) is 6.58 Å². The molecular formula is C8H4F4N2O2. The molecule has 0 radical (unpaired) electrons. The molecule has 1 aromatic heterocycles. The zero-order valence-electron chi connectivity index (χ0n) is 7.58. The quantitative estimate of drug-likeness (QED) is 0.450. The van der Waals surface area contributed by atoms with Crippen molar-refractivity contribution in [2.24, 2.45) is 0 Å². The predicted octanol–water partition coefficient (Wildman–Crippen LogP) is 2.70. The predicted molar refractivity (Wildman–Crippen MR) is 45.9 cm³/mol. The molecule has 16 heavy (non-hydrogen) atoms. The Balaban J connectivity index is 3.17. The number of nitro groups is 1. The van der Waals surface area contributed by atoms with Gasteiger partial charge in [0.15, 0.2) is 0 Å². The van der Waals surface area contributed by atoms with E-state index in [-0.39, 0.29) is 0 Å². The summed E-state index contributed by atoms with van der Waals surface area (Å²) in [6.45, 7) is 2.71. The molecule has 0 aromatic carbocycles. The van der Waals surface area contributed by atoms with Gasteiger partial charge >= 0.3 is 12.0 Å². The second kappa shape index (κ2) is 3.87. The van der Waals surface area contributed by atoms with Crippen molar-refractivity contribution in [3.05, 3.63) is 40.3 Å². The third-order valence-corrected chi connectivity index (χ3v) is 1.69. The second-order valence-electron chi connectivity index (χ2n) is 2.76. The molecule has 0 unspecified atom stereocenters. The molecule has 1 aromatic rings. The van der Waals surface area contributed by atoms with Crippen molar-refractivity contribution in [1.29, 1.82) is 0 Å². The molecule has 0 N–H and O–H groups in total. The van der Waals surface area contributed by atoms with Crippen LogP contribution < -0.4 is 0 Å². The van der Waals surface area contributed by atoms with Crippen molar-refractivity contribution in [3.8, 4) is 0 Å². The lowest BCUT2D eigenvalue weighted by molar-refractivity contribution is -0.392. The molecule has 86 valence electrons. The van der Waals surface area contributed by atoms with E-state index < -0.39 is 33.9 Å². The minimum atomic E-state index is -4.73. The van der Waals surface area contributed by atoms with Crippen LogP contribution in [0, 0.1) is 15.9 Å². The largest absolute Gasteiger partial charge is 0.416 e. The van der Waals surface area contributed by atoms with Gasteiger partial charge in [-0.25, -0.2) is 0 Å². The third-order valence-electron chi connectivity index (χ3n) is 1.69. The van der Waals surface area contributed by atoms with E-state index in [1.807, 2.05) is 0 Å². The first kappa shape index (κ1) is 12.1. The van der Waals surface area contributed by atoms with E-state index in [2.05, 4.69) is 11.6 Å². The Kier molecular flexibility index (Phi) is 2.92. The number of halogens is 4. The van der Waals surface area contributed by atoms with Crippen LogP contribution in [0.25, 0.3) is 5.57 Å². The van der Waals surface area contributed by atoms with Crippen LogP contribution in [-0.2, 0) is 0 Å². The van der Waals surface area contributed by atoms with Gasteiger partial charge in [-0.15, -0.1) is 0 Å². The van der Waals surface area contributed by atoms with Crippen molar-refractivity contribution < 1.29 is 22.5 Å². The van der Waals surface area contributed by atoms with Gasteiger partial charge in [0.25, 0.3) is 0 Å². The molecule has 0 amide bonds. The van der Waals surface area contributed by atoms with Crippen molar-refractivity contribution in [3.63, 3.8) is 0 Å². The van der Waals surface area contributed by atoms with Gasteiger partial charge in [0.05, 0.1) is 5.57 Å². The minimum absolute atomic E-state index is 0.376. The van der Waals surface area contributed by atoms with Crippen molar-refractivity contribution in [1.82, 2.24) is 4.98 Å². The SMILES string of the molecule is C=C(c1cnc([N+](=O)[O-])c(F)c1)C(F)(F)F. The van der Waals surface area contributed by atoms with Crippen LogP contribution in [0.15, 0.2) is 18.8 Å². The van der Waals surface area contributed by atoms with Gasteiger partial charge in [-0.05, 0) is 16.0 Å². The standard InChI is InChI=1S/C8H4F4N2O2/c1-4(8(10,11)12)5-2-6(9)7(13-3-5)14(15)16/h2-3H,1H2. The molecule has 0 saturated heterocycles. The van der Waals surface area contributed by atoms with E-state index in [1.54, 1.807) is 0 Å². The highest BCUT2D eigenvalue weighted by Crippen LogP contribution is 2.32. The summed E-state index contributed by atoms with van der Waals surface area (Å²) in [6.07, 6.45) is -4.18. The van der Waals surface area contributed by atoms with Crippen LogP contribution in [-0.4, -0.2) is 16.1 Å². The summed E-state index contributed by atoms with van der Waals surface area (Å²) in [7, 11) is 0. The van der Waals surface area contributed by atoms with E-state index >= 15 is 0 Å². The smallest absolute Gasteiger partial charge is 0.358 e. The summed E-state index contributed by atoms with van der Waals surface area (Å²) in [6, 6.07) is 0.376. The Hall–Kier alpha value is -1.99. The number of alkyl halides is 3. The van der Waals surface area contributed by atoms with Crippen LogP contribution in [0.5, 0.6) is 0 Å². The highest BCUT2D eigenvalue weighted by atomic mass is 19.4. The normalized spacial score (nSPS) is 11.2. The lowest BCUT2D eigenvalue weighted by Gasteiger charge is -2.08. The van der Waals surface area contributed by atoms with E-state index in [9.17, 15) is 27.7 Å². The van der Waals surface area contributed by atoms with E-state index in [4.69, 9.17) is 0 Å². The molecule has 0 atom stereocenters. The third kappa shape index (κ3) is 2.33. The molecule has 0 aliphatic rings. The topological polar surface area (TPSA) is 56.0 Å². The maximum atomic E-state index is 12.9. The molecule has 1 heterocycles. The van der Waals surface area contributed by atoms with Crippen molar-refractivity contribution in [2.45, 2.75) is 6.18 Å². The molecule has 1 rings (SSSR count). The fraction of sp³-hybridized carbons (Fsp3) is 0.125. The summed E-state index contributed by atoms with van der Waals surface area (Å²) < 4.78 is 49.4. The Morgan fingerprint density at radius 3 is 2.44 bits per heavy atom. The van der Waals surface area contributed by atoms with Crippen molar-refractivity contribution >= 4 is 11.4 Å². The minimum Gasteiger partial charge on any atom is -0.358 e. The first-order valence-electron chi connectivity index (χ1n) is 3.80. The van der Waals surface area contributed by atoms with Gasteiger partial charge in [0, 0.05) is 5.56 Å². The molecule has 4 nitrogen and oxygen atoms in total. The lowest BCUT2D eigenvalue weighted by atomic mass is 10.1. The van der Waals surface area contributed by atoms with Crippen LogP contribution in [0.3, 0.4) is 0 Å². The fourth-order valence-corrected chi connectivity index (χ4v) is 0.894. The Morgan fingerprint density at radius 1 is 1.50 bits per heavy atom. The van der Waals surface area contributed by atoms with E-state index in [0.29, 0.717) is 12.3 Å². The number of rotatable bonds is 2. The fourth-order valence-electron chi connectivity index (χ4n) is 0.894. The molecule has 0 spiro atoms. The first-order chi connectivity index (χ1) is 7.23. The molecule has 8 heteroatoms. The Bertz CT molecular complexity index is 456. The van der Waals surface area contributed by atoms with Gasteiger partial charge in [-0.3, -0.25) is 0 Å². The van der Waals surface area contributed by atoms with Crippen LogP contribution >= 0.6 is 0 Å². The molecule has 0 bridgehead atoms. The maximum Gasteiger partial charge on any atom is 0.416 e. The van der Waals surface area contributed by atoms with Crippen LogP contribution in [0.4, 0.5) is 23.4 Å². The molecule has 0 saturated carbocycles. The lowest BCUT2D eigenvalue weighted by Crippen LogP contribution is -2.10. The number of allylic oxidation sites excluding steroid dienone is 1. The molecule has 0 fully saturated rings. The van der Waals surface area contributed by atoms with Gasteiger partial charge < -0.3 is 10.1 Å². The van der Waals surface area contributed by atoms with E-state index in [1.165, 1.54) is 0 Å². The zero-order valence-corrected chi connectivity index (χ0v) is 7.58. The summed E-state index contributed by atoms with van der Waals surface area (Å²) >= 11 is 0. The maximum absolute atomic E-state index is 12.9. The number of nitrogens with zero attached hydrogens (tertiary/aromatic N) is 2. The van der Waals surface area contributed by atoms with Gasteiger partial charge in [0.2, 0.25) is 5.82 Å². The van der Waals surface area contributed by atoms with E-state index in [0.717, 1.165) is 0 Å². The van der Waals surface area contributed by atoms with Crippen LogP contribution in [0.1, 0.15) is 5.56 Å². The van der Waals surface area contributed by atoms with Crippen molar-refractivity contribution in [2.75, 3.05) is 0 Å². The summed E-state index contributed by atoms with van der Waals surface area (Å²) in [5.74, 6) is -2.56. The monoisotopic (exact) mass is 236 g/mol. The number of hydrogen-bond acceptors (Lipinski definition) is 3. The number of hydrogen-bond donors (Lipinski definition) is 0. The summed E-state index contributed by atoms with van der Waals surface area (Å²) in [4.78, 5) is 12.0. The summed E-state index contributed by atoms with van der Waals surface area (Å²) in [5, 5.41) is 10.2. The number of aromatic nitrogens is 1. The molecule has 0 aliphatic heterocycles. The Labute approximate surface area is 86.4 Å². The second-order valence-corrected chi connectivity index (χ2v) is 2.76. The van der Waals surface area contributed by atoms with Gasteiger partial charge in [0.1, 0.15) is 6.20 Å². The highest BCUT2D eigenvalue weighted by molar-refractivity contribution is 5.67. The number of pyridine rings is 1.